The van der Waals surface area contributed by atoms with Crippen molar-refractivity contribution in [2.24, 2.45) is 0 Å². The molecule has 1 saturated heterocycles. The van der Waals surface area contributed by atoms with E-state index in [1.54, 1.807) is 18.6 Å². The molecule has 0 radical (unpaired) electrons. The Hall–Kier alpha value is -3.00. The lowest BCUT2D eigenvalue weighted by Crippen LogP contribution is -2.37. The molecule has 0 amide bonds. The molecule has 4 aromatic heterocycles. The van der Waals surface area contributed by atoms with Crippen LogP contribution in [0.15, 0.2) is 35.1 Å². The summed E-state index contributed by atoms with van der Waals surface area (Å²) in [6.07, 6.45) is 5.21. The van der Waals surface area contributed by atoms with Crippen molar-refractivity contribution in [1.82, 2.24) is 25.1 Å². The molecule has 5 rings (SSSR count). The monoisotopic (exact) mass is 322 g/mol. The maximum atomic E-state index is 5.97. The molecular weight excluding hydrogens is 308 g/mol. The molecule has 1 N–H and O–H groups in total. The summed E-state index contributed by atoms with van der Waals surface area (Å²) < 4.78 is 11.4. The lowest BCUT2D eigenvalue weighted by molar-refractivity contribution is 0.122. The van der Waals surface area contributed by atoms with Crippen molar-refractivity contribution in [2.75, 3.05) is 31.2 Å². The Bertz CT molecular complexity index is 1000. The Balaban J connectivity index is 1.81. The summed E-state index contributed by atoms with van der Waals surface area (Å²) in [6.45, 7) is 2.87. The minimum Gasteiger partial charge on any atom is -0.432 e. The number of hydrogen-bond acceptors (Lipinski definition) is 7. The number of H-pyrrole nitrogens is 1. The van der Waals surface area contributed by atoms with Crippen molar-refractivity contribution in [2.45, 2.75) is 0 Å². The number of nitrogens with one attached hydrogen (secondary N) is 1. The van der Waals surface area contributed by atoms with Gasteiger partial charge in [0.1, 0.15) is 5.52 Å². The van der Waals surface area contributed by atoms with Crippen LogP contribution in [0.25, 0.3) is 33.6 Å². The average Bonchev–Trinajstić information content (AvgIpc) is 3.29. The molecule has 0 saturated carbocycles. The normalized spacial score (nSPS) is 15.4. The van der Waals surface area contributed by atoms with Gasteiger partial charge in [0, 0.05) is 25.5 Å². The molecule has 0 aromatic carbocycles. The summed E-state index contributed by atoms with van der Waals surface area (Å²) in [6, 6.07) is 3.84. The van der Waals surface area contributed by atoms with Crippen LogP contribution >= 0.6 is 0 Å². The van der Waals surface area contributed by atoms with Gasteiger partial charge in [0.05, 0.1) is 30.4 Å². The Labute approximate surface area is 136 Å². The summed E-state index contributed by atoms with van der Waals surface area (Å²) in [7, 11) is 0. The molecule has 0 atom stereocenters. The first kappa shape index (κ1) is 13.4. The molecule has 0 unspecified atom stereocenters. The van der Waals surface area contributed by atoms with E-state index in [9.17, 15) is 0 Å². The molecule has 0 aliphatic carbocycles. The highest BCUT2D eigenvalue weighted by Crippen LogP contribution is 2.34. The van der Waals surface area contributed by atoms with E-state index in [2.05, 4.69) is 20.1 Å². The number of furan rings is 1. The maximum absolute atomic E-state index is 5.97. The number of aromatic amines is 1. The Morgan fingerprint density at radius 3 is 2.92 bits per heavy atom. The first-order chi connectivity index (χ1) is 11.9. The van der Waals surface area contributed by atoms with Gasteiger partial charge < -0.3 is 14.1 Å². The van der Waals surface area contributed by atoms with Crippen molar-refractivity contribution in [1.29, 1.82) is 0 Å². The second-order valence-electron chi connectivity index (χ2n) is 5.59. The first-order valence-corrected chi connectivity index (χ1v) is 7.77. The topological polar surface area (TPSA) is 93.0 Å². The minimum absolute atomic E-state index is 0.570. The van der Waals surface area contributed by atoms with Crippen molar-refractivity contribution in [3.63, 3.8) is 0 Å². The summed E-state index contributed by atoms with van der Waals surface area (Å²) in [4.78, 5) is 15.9. The van der Waals surface area contributed by atoms with Crippen LogP contribution in [0.5, 0.6) is 0 Å². The third-order valence-corrected chi connectivity index (χ3v) is 4.14. The number of hydrogen-bond donors (Lipinski definition) is 1. The predicted octanol–water partition coefficient (Wildman–Crippen LogP) is 2.00. The zero-order valence-electron chi connectivity index (χ0n) is 12.8. The second kappa shape index (κ2) is 5.27. The largest absolute Gasteiger partial charge is 0.432 e. The van der Waals surface area contributed by atoms with E-state index in [0.717, 1.165) is 35.4 Å². The van der Waals surface area contributed by atoms with Crippen molar-refractivity contribution >= 4 is 28.0 Å². The number of morpholine rings is 1. The van der Waals surface area contributed by atoms with Gasteiger partial charge in [-0.1, -0.05) is 0 Å². The van der Waals surface area contributed by atoms with E-state index in [-0.39, 0.29) is 0 Å². The van der Waals surface area contributed by atoms with Crippen LogP contribution in [-0.2, 0) is 4.74 Å². The molecule has 4 aromatic rings. The first-order valence-electron chi connectivity index (χ1n) is 7.77. The SMILES string of the molecule is c1cnc2oc3c(N4CCOCC4)nc(-c4cn[nH]c4)nc3c2c1. The molecule has 120 valence electrons. The summed E-state index contributed by atoms with van der Waals surface area (Å²) in [5.41, 5.74) is 2.84. The molecule has 0 spiro atoms. The third-order valence-electron chi connectivity index (χ3n) is 4.14. The fourth-order valence-corrected chi connectivity index (χ4v) is 2.96. The quantitative estimate of drug-likeness (QED) is 0.603. The van der Waals surface area contributed by atoms with Gasteiger partial charge in [-0.15, -0.1) is 0 Å². The van der Waals surface area contributed by atoms with Crippen LogP contribution in [0.1, 0.15) is 0 Å². The average molecular weight is 322 g/mol. The van der Waals surface area contributed by atoms with Gasteiger partial charge in [0.15, 0.2) is 17.2 Å². The number of nitrogens with zero attached hydrogens (tertiary/aromatic N) is 5. The van der Waals surface area contributed by atoms with Gasteiger partial charge in [0.25, 0.3) is 0 Å². The highest BCUT2D eigenvalue weighted by molar-refractivity contribution is 6.05. The van der Waals surface area contributed by atoms with Gasteiger partial charge in [-0.3, -0.25) is 5.10 Å². The minimum atomic E-state index is 0.570. The molecule has 1 fully saturated rings. The van der Waals surface area contributed by atoms with Gasteiger partial charge >= 0.3 is 0 Å². The summed E-state index contributed by atoms with van der Waals surface area (Å²) in [5.74, 6) is 1.39. The van der Waals surface area contributed by atoms with Crippen LogP contribution in [0.3, 0.4) is 0 Å². The van der Waals surface area contributed by atoms with Crippen molar-refractivity contribution < 1.29 is 9.15 Å². The Morgan fingerprint density at radius 1 is 1.17 bits per heavy atom. The number of fused-ring (bicyclic) bond motifs is 3. The standard InChI is InChI=1S/C16H14N6O2/c1-2-11-12-13(24-16(11)17-3-1)15(22-4-6-23-7-5-22)21-14(20-12)10-8-18-19-9-10/h1-3,8-9H,4-7H2,(H,18,19). The number of aromatic nitrogens is 5. The Kier molecular flexibility index (Phi) is 2.95. The van der Waals surface area contributed by atoms with Gasteiger partial charge in [-0.05, 0) is 12.1 Å². The van der Waals surface area contributed by atoms with Crippen LogP contribution in [0.2, 0.25) is 0 Å². The fraction of sp³-hybridized carbons (Fsp3) is 0.250. The highest BCUT2D eigenvalue weighted by Gasteiger charge is 2.22. The third kappa shape index (κ3) is 2.04. The van der Waals surface area contributed by atoms with E-state index in [4.69, 9.17) is 19.1 Å². The smallest absolute Gasteiger partial charge is 0.229 e. The van der Waals surface area contributed by atoms with Crippen LogP contribution in [-0.4, -0.2) is 51.5 Å². The molecule has 8 nitrogen and oxygen atoms in total. The zero-order valence-corrected chi connectivity index (χ0v) is 12.8. The number of pyridine rings is 1. The molecule has 1 aliphatic rings. The molecule has 8 heteroatoms. The van der Waals surface area contributed by atoms with E-state index in [1.165, 1.54) is 0 Å². The van der Waals surface area contributed by atoms with E-state index >= 15 is 0 Å². The molecule has 0 bridgehead atoms. The van der Waals surface area contributed by atoms with E-state index in [1.807, 2.05) is 12.1 Å². The lowest BCUT2D eigenvalue weighted by Gasteiger charge is -2.27. The van der Waals surface area contributed by atoms with E-state index in [0.29, 0.717) is 30.3 Å². The van der Waals surface area contributed by atoms with Gasteiger partial charge in [-0.25, -0.2) is 15.0 Å². The van der Waals surface area contributed by atoms with Crippen molar-refractivity contribution in [3.05, 3.63) is 30.7 Å². The predicted molar refractivity (Wildman–Crippen MR) is 87.7 cm³/mol. The number of rotatable bonds is 2. The van der Waals surface area contributed by atoms with Gasteiger partial charge in [-0.2, -0.15) is 5.10 Å². The lowest BCUT2D eigenvalue weighted by atomic mass is 10.2. The van der Waals surface area contributed by atoms with Crippen molar-refractivity contribution in [3.8, 4) is 11.4 Å². The van der Waals surface area contributed by atoms with Crippen LogP contribution < -0.4 is 4.90 Å². The van der Waals surface area contributed by atoms with Crippen LogP contribution in [0.4, 0.5) is 5.82 Å². The van der Waals surface area contributed by atoms with Gasteiger partial charge in [0.2, 0.25) is 5.71 Å². The maximum Gasteiger partial charge on any atom is 0.229 e. The summed E-state index contributed by atoms with van der Waals surface area (Å²) in [5, 5.41) is 7.69. The fourth-order valence-electron chi connectivity index (χ4n) is 2.96. The summed E-state index contributed by atoms with van der Waals surface area (Å²) >= 11 is 0. The molecule has 1 aliphatic heterocycles. The second-order valence-corrected chi connectivity index (χ2v) is 5.59. The molecular formula is C16H14N6O2. The van der Waals surface area contributed by atoms with Crippen LogP contribution in [0, 0.1) is 0 Å². The number of ether oxygens (including phenoxy) is 1. The zero-order chi connectivity index (χ0) is 15.9. The molecule has 5 heterocycles. The van der Waals surface area contributed by atoms with E-state index < -0.39 is 0 Å². The molecule has 24 heavy (non-hydrogen) atoms. The Morgan fingerprint density at radius 2 is 2.08 bits per heavy atom. The highest BCUT2D eigenvalue weighted by atomic mass is 16.5. The number of anilines is 1.